The Labute approximate surface area is 149 Å². The topological polar surface area (TPSA) is 44.9 Å². The van der Waals surface area contributed by atoms with Gasteiger partial charge in [0, 0.05) is 17.3 Å². The molecule has 0 saturated carbocycles. The average Bonchev–Trinajstić information content (AvgIpc) is 3.30. The number of rotatable bonds is 6. The minimum absolute atomic E-state index is 0.114. The Morgan fingerprint density at radius 2 is 2.08 bits per heavy atom. The summed E-state index contributed by atoms with van der Waals surface area (Å²) in [6.45, 7) is 0.275. The van der Waals surface area contributed by atoms with E-state index in [1.807, 2.05) is 11.4 Å². The molecule has 3 aromatic rings. The molecule has 25 heavy (non-hydrogen) atoms. The Hall–Kier alpha value is -3.10. The number of terminal acetylenes is 1. The molecule has 0 saturated heterocycles. The maximum absolute atomic E-state index is 14.0. The van der Waals surface area contributed by atoms with Gasteiger partial charge in [-0.1, -0.05) is 24.1 Å². The minimum atomic E-state index is -0.312. The van der Waals surface area contributed by atoms with E-state index in [1.54, 1.807) is 36.4 Å². The van der Waals surface area contributed by atoms with E-state index in [1.165, 1.54) is 23.5 Å². The van der Waals surface area contributed by atoms with Crippen LogP contribution in [0.2, 0.25) is 0 Å². The number of thiophene rings is 1. The van der Waals surface area contributed by atoms with E-state index in [4.69, 9.17) is 6.42 Å². The van der Waals surface area contributed by atoms with E-state index in [-0.39, 0.29) is 18.1 Å². The van der Waals surface area contributed by atoms with Crippen LogP contribution in [0.1, 0.15) is 15.4 Å². The van der Waals surface area contributed by atoms with Crippen molar-refractivity contribution in [3.8, 4) is 23.6 Å². The number of allylic oxidation sites excluding steroid dienone is 1. The minimum Gasteiger partial charge on any atom is -0.372 e. The molecule has 2 heterocycles. The van der Waals surface area contributed by atoms with Gasteiger partial charge in [-0.15, -0.1) is 17.8 Å². The predicted octanol–water partition coefficient (Wildman–Crippen LogP) is 4.33. The Kier molecular flexibility index (Phi) is 5.12. The number of H-pyrrole nitrogens is 1. The van der Waals surface area contributed by atoms with Gasteiger partial charge in [-0.25, -0.2) is 4.39 Å². The molecular weight excluding hydrogens is 335 g/mol. The lowest BCUT2D eigenvalue weighted by Crippen LogP contribution is -2.14. The molecule has 0 atom stereocenters. The van der Waals surface area contributed by atoms with Crippen molar-refractivity contribution >= 4 is 22.8 Å². The van der Waals surface area contributed by atoms with Crippen LogP contribution in [0.4, 0.5) is 4.39 Å². The molecule has 3 nitrogen and oxygen atoms in total. The molecule has 2 aromatic heterocycles. The van der Waals surface area contributed by atoms with E-state index in [0.29, 0.717) is 27.5 Å². The lowest BCUT2D eigenvalue weighted by atomic mass is 10.1. The van der Waals surface area contributed by atoms with Crippen molar-refractivity contribution in [1.82, 2.24) is 10.3 Å². The number of benzene rings is 1. The van der Waals surface area contributed by atoms with E-state index < -0.39 is 0 Å². The lowest BCUT2D eigenvalue weighted by molar-refractivity contribution is 0.105. The highest BCUT2D eigenvalue weighted by atomic mass is 32.1. The van der Waals surface area contributed by atoms with Crippen LogP contribution in [0, 0.1) is 18.2 Å². The van der Waals surface area contributed by atoms with Crippen LogP contribution < -0.4 is 5.32 Å². The van der Waals surface area contributed by atoms with E-state index in [9.17, 15) is 9.18 Å². The van der Waals surface area contributed by atoms with Gasteiger partial charge in [0.05, 0.1) is 22.8 Å². The van der Waals surface area contributed by atoms with Gasteiger partial charge in [0.2, 0.25) is 0 Å². The van der Waals surface area contributed by atoms with Crippen LogP contribution in [0.15, 0.2) is 60.0 Å². The Bertz CT molecular complexity index is 948. The largest absolute Gasteiger partial charge is 0.372 e. The fraction of sp³-hybridized carbons (Fsp3) is 0.0500. The molecule has 5 heteroatoms. The summed E-state index contributed by atoms with van der Waals surface area (Å²) in [6.07, 6.45) is 6.81. The molecule has 0 spiro atoms. The third kappa shape index (κ3) is 3.87. The maximum atomic E-state index is 14.0. The van der Waals surface area contributed by atoms with Crippen molar-refractivity contribution in [2.75, 3.05) is 6.54 Å². The molecule has 0 amide bonds. The van der Waals surface area contributed by atoms with Gasteiger partial charge in [-0.3, -0.25) is 4.79 Å². The van der Waals surface area contributed by atoms with Gasteiger partial charge in [-0.05, 0) is 35.7 Å². The summed E-state index contributed by atoms with van der Waals surface area (Å²) in [5.74, 6) is 2.06. The summed E-state index contributed by atoms with van der Waals surface area (Å²) in [7, 11) is 0. The molecule has 1 aromatic carbocycles. The summed E-state index contributed by atoms with van der Waals surface area (Å²) >= 11 is 1.37. The van der Waals surface area contributed by atoms with Crippen molar-refractivity contribution in [3.63, 3.8) is 0 Å². The molecule has 0 unspecified atom stereocenters. The SMILES string of the molecule is C#CCN/C(=C\C(=O)c1cccs1)c1ccc(-c2ccccc2F)[nH]1. The number of hydrogen-bond acceptors (Lipinski definition) is 3. The zero-order chi connectivity index (χ0) is 17.6. The second-order valence-electron chi connectivity index (χ2n) is 5.22. The van der Waals surface area contributed by atoms with E-state index in [2.05, 4.69) is 16.2 Å². The van der Waals surface area contributed by atoms with Crippen LogP contribution in [0.3, 0.4) is 0 Å². The number of aromatic amines is 1. The fourth-order valence-corrected chi connectivity index (χ4v) is 3.02. The second-order valence-corrected chi connectivity index (χ2v) is 6.17. The average molecular weight is 350 g/mol. The van der Waals surface area contributed by atoms with Crippen molar-refractivity contribution in [2.45, 2.75) is 0 Å². The zero-order valence-corrected chi connectivity index (χ0v) is 14.1. The standard InChI is InChI=1S/C20H15FN2OS/c1-2-11-22-18(13-19(24)20-8-5-12-25-20)17-10-9-16(23-17)14-6-3-4-7-15(14)21/h1,3-10,12-13,22-23H,11H2/b18-13-. The molecule has 124 valence electrons. The highest BCUT2D eigenvalue weighted by molar-refractivity contribution is 7.12. The quantitative estimate of drug-likeness (QED) is 0.395. The van der Waals surface area contributed by atoms with E-state index >= 15 is 0 Å². The number of ketones is 1. The maximum Gasteiger partial charge on any atom is 0.197 e. The molecule has 0 fully saturated rings. The first-order valence-electron chi connectivity index (χ1n) is 7.60. The second kappa shape index (κ2) is 7.65. The normalized spacial score (nSPS) is 11.1. The summed E-state index contributed by atoms with van der Waals surface area (Å²) < 4.78 is 14.0. The number of aromatic nitrogens is 1. The molecule has 0 aliphatic heterocycles. The number of halogens is 1. The monoisotopic (exact) mass is 350 g/mol. The van der Waals surface area contributed by atoms with Crippen LogP contribution in [-0.2, 0) is 0 Å². The van der Waals surface area contributed by atoms with Gasteiger partial charge in [-0.2, -0.15) is 0 Å². The Morgan fingerprint density at radius 1 is 1.24 bits per heavy atom. The number of nitrogens with one attached hydrogen (secondary N) is 2. The number of carbonyl (C=O) groups is 1. The first kappa shape index (κ1) is 16.7. The van der Waals surface area contributed by atoms with Crippen molar-refractivity contribution in [3.05, 3.63) is 76.4 Å². The predicted molar refractivity (Wildman–Crippen MR) is 99.6 cm³/mol. The van der Waals surface area contributed by atoms with Crippen molar-refractivity contribution in [2.24, 2.45) is 0 Å². The lowest BCUT2D eigenvalue weighted by Gasteiger charge is -2.07. The molecule has 0 aliphatic rings. The molecule has 3 rings (SSSR count). The summed E-state index contributed by atoms with van der Waals surface area (Å²) in [5.41, 5.74) is 2.33. The molecule has 0 radical (unpaired) electrons. The number of hydrogen-bond donors (Lipinski definition) is 2. The highest BCUT2D eigenvalue weighted by Crippen LogP contribution is 2.24. The number of carbonyl (C=O) groups excluding carboxylic acids is 1. The van der Waals surface area contributed by atoms with Gasteiger partial charge >= 0.3 is 0 Å². The highest BCUT2D eigenvalue weighted by Gasteiger charge is 2.11. The van der Waals surface area contributed by atoms with Gasteiger partial charge in [0.25, 0.3) is 0 Å². The van der Waals surface area contributed by atoms with Gasteiger partial charge < -0.3 is 10.3 Å². The van der Waals surface area contributed by atoms with Crippen LogP contribution in [0.25, 0.3) is 17.0 Å². The Balaban J connectivity index is 1.94. The third-order valence-corrected chi connectivity index (χ3v) is 4.44. The molecular formula is C20H15FN2OS. The van der Waals surface area contributed by atoms with Crippen LogP contribution >= 0.6 is 11.3 Å². The molecule has 0 bridgehead atoms. The molecule has 0 aliphatic carbocycles. The van der Waals surface area contributed by atoms with Crippen molar-refractivity contribution < 1.29 is 9.18 Å². The first-order chi connectivity index (χ1) is 12.2. The molecule has 2 N–H and O–H groups in total. The smallest absolute Gasteiger partial charge is 0.197 e. The third-order valence-electron chi connectivity index (χ3n) is 3.56. The summed E-state index contributed by atoms with van der Waals surface area (Å²) in [6, 6.07) is 13.7. The van der Waals surface area contributed by atoms with E-state index in [0.717, 1.165) is 0 Å². The van der Waals surface area contributed by atoms with Gasteiger partial charge in [0.1, 0.15) is 5.82 Å². The first-order valence-corrected chi connectivity index (χ1v) is 8.48. The fourth-order valence-electron chi connectivity index (χ4n) is 2.38. The van der Waals surface area contributed by atoms with Crippen LogP contribution in [0.5, 0.6) is 0 Å². The Morgan fingerprint density at radius 3 is 2.80 bits per heavy atom. The van der Waals surface area contributed by atoms with Crippen LogP contribution in [-0.4, -0.2) is 17.3 Å². The van der Waals surface area contributed by atoms with Gasteiger partial charge in [0.15, 0.2) is 5.78 Å². The summed E-state index contributed by atoms with van der Waals surface area (Å²) in [5, 5.41) is 4.89. The zero-order valence-electron chi connectivity index (χ0n) is 13.3. The summed E-state index contributed by atoms with van der Waals surface area (Å²) in [4.78, 5) is 16.1. The van der Waals surface area contributed by atoms with Crippen molar-refractivity contribution in [1.29, 1.82) is 0 Å².